The van der Waals surface area contributed by atoms with Gasteiger partial charge in [0.2, 0.25) is 0 Å². The number of hydrogen-bond acceptors (Lipinski definition) is 4. The molecule has 1 rings (SSSR count). The predicted molar refractivity (Wildman–Crippen MR) is 49.3 cm³/mol. The summed E-state index contributed by atoms with van der Waals surface area (Å²) in [5, 5.41) is 27.5. The fourth-order valence-corrected chi connectivity index (χ4v) is 0.931. The van der Waals surface area contributed by atoms with Gasteiger partial charge in [0.1, 0.15) is 6.07 Å². The van der Waals surface area contributed by atoms with Gasteiger partial charge >= 0.3 is 0 Å². The van der Waals surface area contributed by atoms with Gasteiger partial charge in [-0.3, -0.25) is 10.1 Å². The number of benzene rings is 1. The fraction of sp³-hybridized carbons (Fsp3) is 0. The van der Waals surface area contributed by atoms with Gasteiger partial charge < -0.3 is 5.11 Å². The highest BCUT2D eigenvalue weighted by atomic mass is 16.6. The number of nitrogens with zero attached hydrogens (tertiary/aromatic N) is 2. The molecule has 1 aromatic rings. The molecule has 0 radical (unpaired) electrons. The molecule has 0 fully saturated rings. The van der Waals surface area contributed by atoms with Gasteiger partial charge in [-0.15, -0.1) is 0 Å². The summed E-state index contributed by atoms with van der Waals surface area (Å²) in [5.41, 5.74) is 0.462. The molecular formula is C9H6N2O3. The SMILES string of the molecule is N#CC(=CO)c1ccc([N+](=O)[O-])cc1. The van der Waals surface area contributed by atoms with E-state index in [2.05, 4.69) is 0 Å². The van der Waals surface area contributed by atoms with Crippen LogP contribution >= 0.6 is 0 Å². The van der Waals surface area contributed by atoms with Crippen LogP contribution in [-0.4, -0.2) is 10.0 Å². The van der Waals surface area contributed by atoms with Gasteiger partial charge in [0.25, 0.3) is 5.69 Å². The van der Waals surface area contributed by atoms with Crippen LogP contribution in [-0.2, 0) is 0 Å². The van der Waals surface area contributed by atoms with Gasteiger partial charge in [-0.2, -0.15) is 5.26 Å². The number of aliphatic hydroxyl groups is 1. The zero-order valence-electron chi connectivity index (χ0n) is 7.04. The maximum atomic E-state index is 10.3. The largest absolute Gasteiger partial charge is 0.514 e. The van der Waals surface area contributed by atoms with Crippen LogP contribution in [0.25, 0.3) is 5.57 Å². The van der Waals surface area contributed by atoms with Crippen molar-refractivity contribution in [2.45, 2.75) is 0 Å². The van der Waals surface area contributed by atoms with E-state index in [1.165, 1.54) is 24.3 Å². The van der Waals surface area contributed by atoms with Crippen LogP contribution in [0.2, 0.25) is 0 Å². The summed E-state index contributed by atoms with van der Waals surface area (Å²) in [4.78, 5) is 9.77. The minimum Gasteiger partial charge on any atom is -0.514 e. The first kappa shape index (κ1) is 9.74. The lowest BCUT2D eigenvalue weighted by Gasteiger charge is -1.96. The molecule has 0 heterocycles. The van der Waals surface area contributed by atoms with E-state index in [4.69, 9.17) is 10.4 Å². The van der Waals surface area contributed by atoms with Crippen molar-refractivity contribution in [1.82, 2.24) is 0 Å². The molecule has 5 heteroatoms. The molecule has 14 heavy (non-hydrogen) atoms. The zero-order valence-corrected chi connectivity index (χ0v) is 7.04. The maximum Gasteiger partial charge on any atom is 0.269 e. The van der Waals surface area contributed by atoms with Crippen LogP contribution < -0.4 is 0 Å². The molecule has 70 valence electrons. The molecule has 0 atom stereocenters. The number of non-ortho nitro benzene ring substituents is 1. The molecule has 0 aliphatic rings. The summed E-state index contributed by atoms with van der Waals surface area (Å²) in [6, 6.07) is 7.12. The van der Waals surface area contributed by atoms with Crippen LogP contribution in [0.1, 0.15) is 5.56 Å². The first-order valence-electron chi connectivity index (χ1n) is 3.68. The third kappa shape index (κ3) is 1.87. The number of allylic oxidation sites excluding steroid dienone is 1. The standard InChI is InChI=1S/C9H6N2O3/c10-5-8(6-12)7-1-3-9(4-2-7)11(13)14/h1-4,6,12H. The van der Waals surface area contributed by atoms with Gasteiger partial charge in [-0.25, -0.2) is 0 Å². The highest BCUT2D eigenvalue weighted by molar-refractivity contribution is 5.76. The Hall–Kier alpha value is -2.35. The summed E-state index contributed by atoms with van der Waals surface area (Å²) in [7, 11) is 0. The molecule has 0 spiro atoms. The Bertz CT molecular complexity index is 415. The van der Waals surface area contributed by atoms with Crippen LogP contribution in [0.4, 0.5) is 5.69 Å². The molecule has 0 unspecified atom stereocenters. The first-order valence-corrected chi connectivity index (χ1v) is 3.68. The number of nitro groups is 1. The Morgan fingerprint density at radius 1 is 1.50 bits per heavy atom. The minimum atomic E-state index is -0.529. The van der Waals surface area contributed by atoms with Crippen LogP contribution in [0.5, 0.6) is 0 Å². The zero-order chi connectivity index (χ0) is 10.6. The van der Waals surface area contributed by atoms with Gasteiger partial charge in [0, 0.05) is 12.1 Å². The Labute approximate surface area is 79.7 Å². The highest BCUT2D eigenvalue weighted by Gasteiger charge is 2.06. The molecule has 1 aromatic carbocycles. The van der Waals surface area contributed by atoms with Gasteiger partial charge in [-0.05, 0) is 17.7 Å². The number of nitro benzene ring substituents is 1. The first-order chi connectivity index (χ1) is 6.69. The van der Waals surface area contributed by atoms with E-state index in [1.807, 2.05) is 0 Å². The average Bonchev–Trinajstić information content (AvgIpc) is 2.20. The van der Waals surface area contributed by atoms with Crippen molar-refractivity contribution in [3.05, 3.63) is 46.2 Å². The fourth-order valence-electron chi connectivity index (χ4n) is 0.931. The number of nitriles is 1. The second-order valence-corrected chi connectivity index (χ2v) is 2.46. The predicted octanol–water partition coefficient (Wildman–Crippen LogP) is 2.02. The quantitative estimate of drug-likeness (QED) is 0.334. The van der Waals surface area contributed by atoms with Crippen molar-refractivity contribution in [3.63, 3.8) is 0 Å². The van der Waals surface area contributed by atoms with Gasteiger partial charge in [0.05, 0.1) is 16.8 Å². The van der Waals surface area contributed by atoms with Crippen molar-refractivity contribution in [2.24, 2.45) is 0 Å². The second-order valence-electron chi connectivity index (χ2n) is 2.46. The lowest BCUT2D eigenvalue weighted by atomic mass is 10.1. The summed E-state index contributed by atoms with van der Waals surface area (Å²) in [6.07, 6.45) is 0.668. The molecular weight excluding hydrogens is 184 g/mol. The average molecular weight is 190 g/mol. The van der Waals surface area contributed by atoms with E-state index in [0.717, 1.165) is 0 Å². The van der Waals surface area contributed by atoms with Crippen molar-refractivity contribution < 1.29 is 10.0 Å². The molecule has 0 saturated carbocycles. The Morgan fingerprint density at radius 3 is 2.43 bits per heavy atom. The van der Waals surface area contributed by atoms with E-state index in [9.17, 15) is 10.1 Å². The van der Waals surface area contributed by atoms with Crippen molar-refractivity contribution in [2.75, 3.05) is 0 Å². The lowest BCUT2D eigenvalue weighted by Crippen LogP contribution is -1.88. The third-order valence-corrected chi connectivity index (χ3v) is 1.64. The molecule has 0 amide bonds. The molecule has 0 bridgehead atoms. The van der Waals surface area contributed by atoms with Crippen molar-refractivity contribution >= 4 is 11.3 Å². The van der Waals surface area contributed by atoms with Gasteiger partial charge in [-0.1, -0.05) is 0 Å². The molecule has 0 aromatic heterocycles. The van der Waals surface area contributed by atoms with Crippen LogP contribution in [0.3, 0.4) is 0 Å². The van der Waals surface area contributed by atoms with E-state index >= 15 is 0 Å². The third-order valence-electron chi connectivity index (χ3n) is 1.64. The normalized spacial score (nSPS) is 10.6. The summed E-state index contributed by atoms with van der Waals surface area (Å²) in [5.74, 6) is 0. The van der Waals surface area contributed by atoms with Crippen molar-refractivity contribution in [1.29, 1.82) is 5.26 Å². The van der Waals surface area contributed by atoms with E-state index in [0.29, 0.717) is 11.8 Å². The van der Waals surface area contributed by atoms with Crippen LogP contribution in [0, 0.1) is 21.4 Å². The Kier molecular flexibility index (Phi) is 2.82. The molecule has 5 nitrogen and oxygen atoms in total. The van der Waals surface area contributed by atoms with E-state index in [1.54, 1.807) is 6.07 Å². The summed E-state index contributed by atoms with van der Waals surface area (Å²) in [6.45, 7) is 0. The molecule has 1 N–H and O–H groups in total. The molecule has 0 aliphatic heterocycles. The van der Waals surface area contributed by atoms with Gasteiger partial charge in [0.15, 0.2) is 0 Å². The lowest BCUT2D eigenvalue weighted by molar-refractivity contribution is -0.384. The smallest absolute Gasteiger partial charge is 0.269 e. The Morgan fingerprint density at radius 2 is 2.07 bits per heavy atom. The maximum absolute atomic E-state index is 10.3. The summed E-state index contributed by atoms with van der Waals surface area (Å²) < 4.78 is 0. The summed E-state index contributed by atoms with van der Waals surface area (Å²) >= 11 is 0. The number of hydrogen-bond donors (Lipinski definition) is 1. The second kappa shape index (κ2) is 4.05. The topological polar surface area (TPSA) is 87.2 Å². The monoisotopic (exact) mass is 190 g/mol. The number of aliphatic hydroxyl groups excluding tert-OH is 1. The minimum absolute atomic E-state index is 0.0519. The van der Waals surface area contributed by atoms with E-state index in [-0.39, 0.29) is 11.3 Å². The Balaban J connectivity index is 3.07. The molecule has 0 aliphatic carbocycles. The van der Waals surface area contributed by atoms with Crippen molar-refractivity contribution in [3.8, 4) is 6.07 Å². The number of rotatable bonds is 2. The highest BCUT2D eigenvalue weighted by Crippen LogP contribution is 2.17. The van der Waals surface area contributed by atoms with Crippen LogP contribution in [0.15, 0.2) is 30.5 Å². The molecule has 0 saturated heterocycles. The van der Waals surface area contributed by atoms with E-state index < -0.39 is 4.92 Å².